The number of carbonyl (C=O) groups excluding carboxylic acids is 1. The number of sulfonamides is 1. The van der Waals surface area contributed by atoms with E-state index in [4.69, 9.17) is 0 Å². The molecule has 5 nitrogen and oxygen atoms in total. The van der Waals surface area contributed by atoms with Crippen molar-refractivity contribution in [3.05, 3.63) is 53.4 Å². The first-order valence-electron chi connectivity index (χ1n) is 7.65. The van der Waals surface area contributed by atoms with E-state index in [1.165, 1.54) is 7.05 Å². The highest BCUT2D eigenvalue weighted by Gasteiger charge is 2.26. The third-order valence-corrected chi connectivity index (χ3v) is 6.83. The van der Waals surface area contributed by atoms with E-state index < -0.39 is 10.0 Å². The molecule has 0 atom stereocenters. The maximum atomic E-state index is 12.6. The van der Waals surface area contributed by atoms with E-state index in [1.54, 1.807) is 22.4 Å². The van der Waals surface area contributed by atoms with Crippen molar-refractivity contribution in [1.82, 2.24) is 9.21 Å². The number of hydrogen-bond acceptors (Lipinski definition) is 4. The molecule has 0 spiro atoms. The van der Waals surface area contributed by atoms with Crippen molar-refractivity contribution in [3.8, 4) is 0 Å². The van der Waals surface area contributed by atoms with E-state index in [0.717, 1.165) is 21.2 Å². The van der Waals surface area contributed by atoms with Gasteiger partial charge in [-0.1, -0.05) is 36.4 Å². The van der Waals surface area contributed by atoms with Gasteiger partial charge in [-0.15, -0.1) is 11.3 Å². The molecule has 0 aliphatic carbocycles. The summed E-state index contributed by atoms with van der Waals surface area (Å²) in [7, 11) is -2.18. The number of nitrogens with zero attached hydrogens (tertiary/aromatic N) is 2. The zero-order valence-corrected chi connectivity index (χ0v) is 15.7. The average Bonchev–Trinajstić information content (AvgIpc) is 3.08. The summed E-state index contributed by atoms with van der Waals surface area (Å²) in [6.45, 7) is 4.14. The van der Waals surface area contributed by atoms with Crippen LogP contribution in [0.15, 0.2) is 52.1 Å². The highest BCUT2D eigenvalue weighted by molar-refractivity contribution is 7.91. The first-order valence-corrected chi connectivity index (χ1v) is 9.97. The van der Waals surface area contributed by atoms with Crippen LogP contribution in [0.5, 0.6) is 0 Å². The Bertz CT molecular complexity index is 756. The van der Waals surface area contributed by atoms with Crippen LogP contribution in [0, 0.1) is 0 Å². The standard InChI is InChI=1S/C17H22N2O3S2/c1-14(2)19(12-15-8-5-4-6-9-15)16(20)13-18(3)24(21,22)17-10-7-11-23-17/h4-11,14H,12-13H2,1-3H3. The number of amides is 1. The SMILES string of the molecule is CC(C)N(Cc1ccccc1)C(=O)CN(C)S(=O)(=O)c1cccs1. The molecule has 0 aliphatic rings. The third kappa shape index (κ3) is 4.43. The van der Waals surface area contributed by atoms with Crippen molar-refractivity contribution in [2.45, 2.75) is 30.6 Å². The highest BCUT2D eigenvalue weighted by Crippen LogP contribution is 2.20. The maximum absolute atomic E-state index is 12.6. The first kappa shape index (κ1) is 18.6. The van der Waals surface area contributed by atoms with E-state index in [2.05, 4.69) is 0 Å². The lowest BCUT2D eigenvalue weighted by Gasteiger charge is -2.28. The summed E-state index contributed by atoms with van der Waals surface area (Å²) >= 11 is 1.15. The Kier molecular flexibility index (Phi) is 6.15. The Morgan fingerprint density at radius 2 is 1.79 bits per heavy atom. The number of thiophene rings is 1. The Balaban J connectivity index is 2.10. The molecule has 1 amide bonds. The van der Waals surface area contributed by atoms with Crippen LogP contribution in [0.1, 0.15) is 19.4 Å². The molecule has 0 bridgehead atoms. The minimum absolute atomic E-state index is 0.0180. The molecule has 0 radical (unpaired) electrons. The molecule has 130 valence electrons. The molecule has 1 aromatic heterocycles. The van der Waals surface area contributed by atoms with Gasteiger partial charge in [-0.05, 0) is 30.9 Å². The third-order valence-electron chi connectivity index (χ3n) is 3.66. The molecular weight excluding hydrogens is 344 g/mol. The predicted molar refractivity (Wildman–Crippen MR) is 96.3 cm³/mol. The van der Waals surface area contributed by atoms with Gasteiger partial charge in [0, 0.05) is 19.6 Å². The number of hydrogen-bond donors (Lipinski definition) is 0. The lowest BCUT2D eigenvalue weighted by molar-refractivity contribution is -0.133. The predicted octanol–water partition coefficient (Wildman–Crippen LogP) is 2.81. The summed E-state index contributed by atoms with van der Waals surface area (Å²) in [5.74, 6) is -0.212. The number of rotatable bonds is 7. The molecule has 0 fully saturated rings. The smallest absolute Gasteiger partial charge is 0.252 e. The molecule has 1 aromatic carbocycles. The Morgan fingerprint density at radius 3 is 2.33 bits per heavy atom. The topological polar surface area (TPSA) is 57.7 Å². The zero-order valence-electron chi connectivity index (χ0n) is 14.0. The fourth-order valence-electron chi connectivity index (χ4n) is 2.27. The summed E-state index contributed by atoms with van der Waals surface area (Å²) in [4.78, 5) is 14.3. The quantitative estimate of drug-likeness (QED) is 0.757. The van der Waals surface area contributed by atoms with Crippen molar-refractivity contribution >= 4 is 27.3 Å². The number of likely N-dealkylation sites (N-methyl/N-ethyl adjacent to an activating group) is 1. The van der Waals surface area contributed by atoms with Crippen LogP contribution in [-0.4, -0.2) is 43.2 Å². The maximum Gasteiger partial charge on any atom is 0.252 e. The van der Waals surface area contributed by atoms with Gasteiger partial charge in [0.2, 0.25) is 5.91 Å². The minimum atomic E-state index is -3.62. The van der Waals surface area contributed by atoms with E-state index in [0.29, 0.717) is 6.54 Å². The van der Waals surface area contributed by atoms with Crippen LogP contribution in [0.25, 0.3) is 0 Å². The van der Waals surface area contributed by atoms with Crippen LogP contribution in [-0.2, 0) is 21.4 Å². The van der Waals surface area contributed by atoms with Crippen LogP contribution in [0.4, 0.5) is 0 Å². The van der Waals surface area contributed by atoms with Gasteiger partial charge in [0.1, 0.15) is 4.21 Å². The molecular formula is C17H22N2O3S2. The lowest BCUT2D eigenvalue weighted by atomic mass is 10.2. The van der Waals surface area contributed by atoms with Crippen LogP contribution in [0.2, 0.25) is 0 Å². The molecule has 1 heterocycles. The summed E-state index contributed by atoms with van der Waals surface area (Å²) in [6, 6.07) is 12.9. The van der Waals surface area contributed by atoms with E-state index in [1.807, 2.05) is 44.2 Å². The molecule has 7 heteroatoms. The summed E-state index contributed by atoms with van der Waals surface area (Å²) in [5, 5.41) is 1.71. The van der Waals surface area contributed by atoms with Gasteiger partial charge in [0.05, 0.1) is 6.54 Å². The van der Waals surface area contributed by atoms with Crippen molar-refractivity contribution in [2.24, 2.45) is 0 Å². The van der Waals surface area contributed by atoms with Gasteiger partial charge in [-0.2, -0.15) is 4.31 Å². The first-order chi connectivity index (χ1) is 11.3. The monoisotopic (exact) mass is 366 g/mol. The van der Waals surface area contributed by atoms with Gasteiger partial charge < -0.3 is 4.90 Å². The van der Waals surface area contributed by atoms with Gasteiger partial charge in [-0.25, -0.2) is 8.42 Å². The largest absolute Gasteiger partial charge is 0.335 e. The van der Waals surface area contributed by atoms with Gasteiger partial charge >= 0.3 is 0 Å². The minimum Gasteiger partial charge on any atom is -0.335 e. The number of carbonyl (C=O) groups is 1. The second kappa shape index (κ2) is 7.92. The molecule has 0 saturated heterocycles. The van der Waals surface area contributed by atoms with Gasteiger partial charge in [0.25, 0.3) is 10.0 Å². The second-order valence-corrected chi connectivity index (χ2v) is 9.01. The van der Waals surface area contributed by atoms with Crippen LogP contribution >= 0.6 is 11.3 Å². The highest BCUT2D eigenvalue weighted by atomic mass is 32.2. The fraction of sp³-hybridized carbons (Fsp3) is 0.353. The average molecular weight is 367 g/mol. The summed E-state index contributed by atoms with van der Waals surface area (Å²) in [5.41, 5.74) is 1.02. The summed E-state index contributed by atoms with van der Waals surface area (Å²) in [6.07, 6.45) is 0. The van der Waals surface area contributed by atoms with E-state index in [-0.39, 0.29) is 22.7 Å². The second-order valence-electron chi connectivity index (χ2n) is 5.79. The lowest BCUT2D eigenvalue weighted by Crippen LogP contribution is -2.43. The zero-order chi connectivity index (χ0) is 17.7. The molecule has 0 aliphatic heterocycles. The van der Waals surface area contributed by atoms with Crippen LogP contribution in [0.3, 0.4) is 0 Å². The van der Waals surface area contributed by atoms with Crippen molar-refractivity contribution in [2.75, 3.05) is 13.6 Å². The Morgan fingerprint density at radius 1 is 1.12 bits per heavy atom. The molecule has 2 rings (SSSR count). The fourth-order valence-corrected chi connectivity index (χ4v) is 4.59. The van der Waals surface area contributed by atoms with Crippen molar-refractivity contribution in [3.63, 3.8) is 0 Å². The van der Waals surface area contributed by atoms with Crippen molar-refractivity contribution < 1.29 is 13.2 Å². The number of benzene rings is 1. The molecule has 0 unspecified atom stereocenters. The van der Waals surface area contributed by atoms with Gasteiger partial charge in [-0.3, -0.25) is 4.79 Å². The molecule has 24 heavy (non-hydrogen) atoms. The Hall–Kier alpha value is -1.70. The van der Waals surface area contributed by atoms with Crippen LogP contribution < -0.4 is 0 Å². The summed E-state index contributed by atoms with van der Waals surface area (Å²) < 4.78 is 26.3. The molecule has 0 N–H and O–H groups in total. The normalized spacial score (nSPS) is 11.9. The Labute approximate surface area is 147 Å². The van der Waals surface area contributed by atoms with Crippen molar-refractivity contribution in [1.29, 1.82) is 0 Å². The van der Waals surface area contributed by atoms with E-state index >= 15 is 0 Å². The molecule has 0 saturated carbocycles. The van der Waals surface area contributed by atoms with Gasteiger partial charge in [0.15, 0.2) is 0 Å². The molecule has 2 aromatic rings. The van der Waals surface area contributed by atoms with E-state index in [9.17, 15) is 13.2 Å².